The number of nitriles is 1. The number of halogens is 1. The minimum absolute atomic E-state index is 0.312. The monoisotopic (exact) mass is 241 g/mol. The first-order valence-electron chi connectivity index (χ1n) is 5.42. The van der Waals surface area contributed by atoms with E-state index in [9.17, 15) is 4.39 Å². The van der Waals surface area contributed by atoms with Crippen LogP contribution in [0.1, 0.15) is 11.1 Å². The van der Waals surface area contributed by atoms with E-state index in [2.05, 4.69) is 5.32 Å². The lowest BCUT2D eigenvalue weighted by molar-refractivity contribution is 0.627. The summed E-state index contributed by atoms with van der Waals surface area (Å²) < 4.78 is 13.3. The number of hydrogen-bond donors (Lipinski definition) is 2. The first-order valence-corrected chi connectivity index (χ1v) is 5.42. The van der Waals surface area contributed by atoms with Gasteiger partial charge in [-0.2, -0.15) is 5.26 Å². The smallest absolute Gasteiger partial charge is 0.125 e. The fourth-order valence-electron chi connectivity index (χ4n) is 1.70. The molecule has 0 radical (unpaired) electrons. The Morgan fingerprint density at radius 2 is 2.00 bits per heavy atom. The van der Waals surface area contributed by atoms with E-state index in [4.69, 9.17) is 11.0 Å². The van der Waals surface area contributed by atoms with Crippen LogP contribution in [0.4, 0.5) is 21.5 Å². The highest BCUT2D eigenvalue weighted by atomic mass is 19.1. The third kappa shape index (κ3) is 2.58. The molecular weight excluding hydrogens is 229 g/mol. The van der Waals surface area contributed by atoms with Crippen LogP contribution in [0.5, 0.6) is 0 Å². The Morgan fingerprint density at radius 1 is 1.22 bits per heavy atom. The van der Waals surface area contributed by atoms with Crippen molar-refractivity contribution in [2.75, 3.05) is 11.1 Å². The van der Waals surface area contributed by atoms with E-state index in [0.717, 1.165) is 5.56 Å². The number of nitrogens with two attached hydrogens (primary N) is 1. The van der Waals surface area contributed by atoms with E-state index in [-0.39, 0.29) is 5.82 Å². The Hall–Kier alpha value is -2.54. The second-order valence-electron chi connectivity index (χ2n) is 4.06. The fraction of sp³-hybridized carbons (Fsp3) is 0.0714. The van der Waals surface area contributed by atoms with Gasteiger partial charge in [0.1, 0.15) is 5.82 Å². The molecule has 0 heterocycles. The number of nitrogens with zero attached hydrogens (tertiary/aromatic N) is 1. The van der Waals surface area contributed by atoms with Gasteiger partial charge < -0.3 is 11.1 Å². The van der Waals surface area contributed by atoms with Crippen LogP contribution in [0.3, 0.4) is 0 Å². The van der Waals surface area contributed by atoms with E-state index >= 15 is 0 Å². The summed E-state index contributed by atoms with van der Waals surface area (Å²) in [4.78, 5) is 0. The normalized spacial score (nSPS) is 9.83. The number of nitrogens with one attached hydrogen (secondary N) is 1. The summed E-state index contributed by atoms with van der Waals surface area (Å²) in [5.41, 5.74) is 8.83. The molecule has 0 atom stereocenters. The van der Waals surface area contributed by atoms with E-state index in [1.165, 1.54) is 12.1 Å². The molecule has 2 rings (SSSR count). The molecule has 0 fully saturated rings. The molecule has 18 heavy (non-hydrogen) atoms. The Labute approximate surface area is 105 Å². The average molecular weight is 241 g/mol. The van der Waals surface area contributed by atoms with Crippen molar-refractivity contribution in [3.63, 3.8) is 0 Å². The lowest BCUT2D eigenvalue weighted by atomic mass is 10.1. The maximum atomic E-state index is 13.3. The molecule has 0 aromatic heterocycles. The highest BCUT2D eigenvalue weighted by molar-refractivity contribution is 5.74. The molecule has 0 saturated carbocycles. The van der Waals surface area contributed by atoms with Gasteiger partial charge >= 0.3 is 0 Å². The van der Waals surface area contributed by atoms with Crippen molar-refractivity contribution < 1.29 is 4.39 Å². The zero-order chi connectivity index (χ0) is 13.1. The lowest BCUT2D eigenvalue weighted by Crippen LogP contribution is -1.97. The molecular formula is C14H12FN3. The quantitative estimate of drug-likeness (QED) is 0.793. The highest BCUT2D eigenvalue weighted by Gasteiger charge is 2.03. The van der Waals surface area contributed by atoms with E-state index in [0.29, 0.717) is 22.6 Å². The summed E-state index contributed by atoms with van der Waals surface area (Å²) in [6, 6.07) is 11.6. The van der Waals surface area contributed by atoms with Crippen LogP contribution in [0.15, 0.2) is 36.4 Å². The van der Waals surface area contributed by atoms with Crippen LogP contribution in [0.2, 0.25) is 0 Å². The summed E-state index contributed by atoms with van der Waals surface area (Å²) in [6.07, 6.45) is 0. The van der Waals surface area contributed by atoms with Crippen LogP contribution >= 0.6 is 0 Å². The molecule has 0 aliphatic carbocycles. The Morgan fingerprint density at radius 3 is 2.67 bits per heavy atom. The van der Waals surface area contributed by atoms with E-state index < -0.39 is 0 Å². The minimum atomic E-state index is -0.312. The topological polar surface area (TPSA) is 61.8 Å². The van der Waals surface area contributed by atoms with Crippen molar-refractivity contribution in [3.8, 4) is 6.07 Å². The first kappa shape index (κ1) is 11.9. The fourth-order valence-corrected chi connectivity index (χ4v) is 1.70. The van der Waals surface area contributed by atoms with Crippen LogP contribution in [0.25, 0.3) is 0 Å². The van der Waals surface area contributed by atoms with Gasteiger partial charge in [0.15, 0.2) is 0 Å². The second-order valence-corrected chi connectivity index (χ2v) is 4.06. The lowest BCUT2D eigenvalue weighted by Gasteiger charge is -2.10. The first-order chi connectivity index (χ1) is 8.58. The summed E-state index contributed by atoms with van der Waals surface area (Å²) >= 11 is 0. The van der Waals surface area contributed by atoms with Crippen LogP contribution in [-0.4, -0.2) is 0 Å². The van der Waals surface area contributed by atoms with Crippen molar-refractivity contribution in [1.29, 1.82) is 5.26 Å². The maximum Gasteiger partial charge on any atom is 0.125 e. The predicted molar refractivity (Wildman–Crippen MR) is 70.0 cm³/mol. The van der Waals surface area contributed by atoms with Gasteiger partial charge in [0, 0.05) is 5.69 Å². The zero-order valence-electron chi connectivity index (χ0n) is 9.87. The number of rotatable bonds is 2. The molecule has 90 valence electrons. The van der Waals surface area contributed by atoms with Crippen molar-refractivity contribution >= 4 is 17.1 Å². The van der Waals surface area contributed by atoms with Crippen molar-refractivity contribution in [3.05, 3.63) is 53.3 Å². The van der Waals surface area contributed by atoms with Crippen LogP contribution in [0, 0.1) is 24.1 Å². The second kappa shape index (κ2) is 4.76. The summed E-state index contributed by atoms with van der Waals surface area (Å²) in [6.45, 7) is 1.81. The largest absolute Gasteiger partial charge is 0.397 e. The van der Waals surface area contributed by atoms with Gasteiger partial charge in [-0.3, -0.25) is 0 Å². The Kier molecular flexibility index (Phi) is 3.16. The van der Waals surface area contributed by atoms with Gasteiger partial charge in [0.05, 0.1) is 23.0 Å². The van der Waals surface area contributed by atoms with Gasteiger partial charge in [-0.25, -0.2) is 4.39 Å². The zero-order valence-corrected chi connectivity index (χ0v) is 9.87. The number of aryl methyl sites for hydroxylation is 1. The van der Waals surface area contributed by atoms with Crippen LogP contribution < -0.4 is 11.1 Å². The third-order valence-corrected chi connectivity index (χ3v) is 2.50. The average Bonchev–Trinajstić information content (AvgIpc) is 2.30. The molecule has 4 heteroatoms. The number of benzene rings is 2. The molecule has 2 aromatic carbocycles. The number of nitrogen functional groups attached to an aromatic ring is 1. The molecule has 0 aliphatic rings. The standard InChI is InChI=1S/C14H12FN3/c1-9-4-11(15)7-12(5-9)18-14-6-10(8-16)2-3-13(14)17/h2-7,18H,17H2,1H3. The molecule has 0 spiro atoms. The number of hydrogen-bond acceptors (Lipinski definition) is 3. The molecule has 0 amide bonds. The van der Waals surface area contributed by atoms with Gasteiger partial charge in [-0.1, -0.05) is 0 Å². The Balaban J connectivity index is 2.36. The minimum Gasteiger partial charge on any atom is -0.397 e. The van der Waals surface area contributed by atoms with Gasteiger partial charge in [0.2, 0.25) is 0 Å². The molecule has 3 N–H and O–H groups in total. The predicted octanol–water partition coefficient (Wildman–Crippen LogP) is 3.33. The Bertz CT molecular complexity index is 609. The van der Waals surface area contributed by atoms with Gasteiger partial charge in [-0.15, -0.1) is 0 Å². The molecule has 0 aliphatic heterocycles. The van der Waals surface area contributed by atoms with E-state index in [1.54, 1.807) is 18.2 Å². The molecule has 3 nitrogen and oxygen atoms in total. The SMILES string of the molecule is Cc1cc(F)cc(Nc2cc(C#N)ccc2N)c1. The summed E-state index contributed by atoms with van der Waals surface area (Å²) in [5, 5.41) is 11.8. The number of anilines is 3. The highest BCUT2D eigenvalue weighted by Crippen LogP contribution is 2.25. The van der Waals surface area contributed by atoms with Gasteiger partial charge in [0.25, 0.3) is 0 Å². The summed E-state index contributed by atoms with van der Waals surface area (Å²) in [7, 11) is 0. The molecule has 0 bridgehead atoms. The maximum absolute atomic E-state index is 13.3. The summed E-state index contributed by atoms with van der Waals surface area (Å²) in [5.74, 6) is -0.312. The molecule has 0 unspecified atom stereocenters. The van der Waals surface area contributed by atoms with Gasteiger partial charge in [-0.05, 0) is 48.9 Å². The van der Waals surface area contributed by atoms with Crippen molar-refractivity contribution in [2.24, 2.45) is 0 Å². The molecule has 0 saturated heterocycles. The molecule has 2 aromatic rings. The third-order valence-electron chi connectivity index (χ3n) is 2.50. The van der Waals surface area contributed by atoms with Crippen molar-refractivity contribution in [2.45, 2.75) is 6.92 Å². The van der Waals surface area contributed by atoms with Crippen LogP contribution in [-0.2, 0) is 0 Å². The van der Waals surface area contributed by atoms with E-state index in [1.807, 2.05) is 19.1 Å². The van der Waals surface area contributed by atoms with Crippen molar-refractivity contribution in [1.82, 2.24) is 0 Å².